The van der Waals surface area contributed by atoms with E-state index in [-0.39, 0.29) is 0 Å². The first-order chi connectivity index (χ1) is 11.8. The Kier molecular flexibility index (Phi) is 4.79. The van der Waals surface area contributed by atoms with E-state index in [0.29, 0.717) is 5.41 Å². The Morgan fingerprint density at radius 2 is 1.71 bits per heavy atom. The van der Waals surface area contributed by atoms with Crippen molar-refractivity contribution in [2.24, 2.45) is 5.41 Å². The number of rotatable bonds is 4. The summed E-state index contributed by atoms with van der Waals surface area (Å²) < 4.78 is 10.7. The number of morpholine rings is 1. The lowest BCUT2D eigenvalue weighted by Gasteiger charge is -2.55. The molecule has 4 heteroatoms. The molecule has 1 aliphatic carbocycles. The zero-order chi connectivity index (χ0) is 16.4. The molecule has 0 atom stereocenters. The Labute approximate surface area is 145 Å². The fourth-order valence-corrected chi connectivity index (χ4v) is 4.72. The minimum atomic E-state index is 0.652. The number of benzene rings is 1. The van der Waals surface area contributed by atoms with Crippen molar-refractivity contribution in [2.75, 3.05) is 46.5 Å². The molecule has 2 heterocycles. The van der Waals surface area contributed by atoms with E-state index >= 15 is 0 Å². The fourth-order valence-electron chi connectivity index (χ4n) is 4.72. The van der Waals surface area contributed by atoms with Crippen molar-refractivity contribution in [2.45, 2.75) is 38.3 Å². The van der Waals surface area contributed by atoms with Gasteiger partial charge in [-0.05, 0) is 61.9 Å². The van der Waals surface area contributed by atoms with Gasteiger partial charge in [0.25, 0.3) is 0 Å². The van der Waals surface area contributed by atoms with Gasteiger partial charge in [-0.1, -0.05) is 12.1 Å². The third-order valence-corrected chi connectivity index (χ3v) is 6.38. The van der Waals surface area contributed by atoms with Crippen LogP contribution in [-0.4, -0.2) is 62.3 Å². The predicted octanol–water partition coefficient (Wildman–Crippen LogP) is 2.77. The maximum absolute atomic E-state index is 5.48. The van der Waals surface area contributed by atoms with Gasteiger partial charge < -0.3 is 9.47 Å². The van der Waals surface area contributed by atoms with Crippen LogP contribution in [0.4, 0.5) is 0 Å². The summed E-state index contributed by atoms with van der Waals surface area (Å²) in [6, 6.07) is 9.36. The average molecular weight is 330 g/mol. The van der Waals surface area contributed by atoms with E-state index in [0.717, 1.165) is 44.6 Å². The van der Waals surface area contributed by atoms with Crippen LogP contribution < -0.4 is 4.74 Å². The Balaban J connectivity index is 1.23. The quantitative estimate of drug-likeness (QED) is 0.847. The first-order valence-corrected chi connectivity index (χ1v) is 9.43. The van der Waals surface area contributed by atoms with E-state index in [1.807, 2.05) is 0 Å². The van der Waals surface area contributed by atoms with Gasteiger partial charge in [-0.3, -0.25) is 9.80 Å². The van der Waals surface area contributed by atoms with Gasteiger partial charge in [0.2, 0.25) is 0 Å². The van der Waals surface area contributed by atoms with Crippen LogP contribution in [0.15, 0.2) is 24.3 Å². The number of likely N-dealkylation sites (tertiary alicyclic amines) is 1. The second kappa shape index (κ2) is 7.03. The van der Waals surface area contributed by atoms with Gasteiger partial charge in [-0.25, -0.2) is 0 Å². The molecule has 4 rings (SSSR count). The second-order valence-corrected chi connectivity index (χ2v) is 7.83. The highest BCUT2D eigenvalue weighted by Gasteiger charge is 2.47. The smallest absolute Gasteiger partial charge is 0.118 e. The van der Waals surface area contributed by atoms with Gasteiger partial charge in [0, 0.05) is 25.7 Å². The molecule has 2 aliphatic heterocycles. The molecule has 0 unspecified atom stereocenters. The highest BCUT2D eigenvalue weighted by molar-refractivity contribution is 5.27. The van der Waals surface area contributed by atoms with Crippen LogP contribution >= 0.6 is 0 Å². The van der Waals surface area contributed by atoms with Gasteiger partial charge >= 0.3 is 0 Å². The Hall–Kier alpha value is -1.10. The summed E-state index contributed by atoms with van der Waals surface area (Å²) in [6.07, 6.45) is 5.60. The number of ether oxygens (including phenoxy) is 2. The minimum Gasteiger partial charge on any atom is -0.497 e. The van der Waals surface area contributed by atoms with Gasteiger partial charge in [-0.2, -0.15) is 0 Å². The SMILES string of the molecule is COc1ccc(CN2CCC3(CC2)CC(N2CCOCC2)C3)cc1. The molecular formula is C20H30N2O2. The predicted molar refractivity (Wildman–Crippen MR) is 95.4 cm³/mol. The lowest BCUT2D eigenvalue weighted by Crippen LogP contribution is -2.57. The van der Waals surface area contributed by atoms with Crippen molar-refractivity contribution < 1.29 is 9.47 Å². The average Bonchev–Trinajstić information content (AvgIpc) is 2.62. The Bertz CT molecular complexity index is 523. The summed E-state index contributed by atoms with van der Waals surface area (Å²) in [4.78, 5) is 5.29. The maximum atomic E-state index is 5.48. The highest BCUT2D eigenvalue weighted by atomic mass is 16.5. The molecule has 0 aromatic heterocycles. The molecule has 1 saturated carbocycles. The normalized spacial score (nSPS) is 25.5. The van der Waals surface area contributed by atoms with E-state index in [4.69, 9.17) is 9.47 Å². The number of nitrogens with zero attached hydrogens (tertiary/aromatic N) is 2. The van der Waals surface area contributed by atoms with Crippen molar-refractivity contribution in [3.8, 4) is 5.75 Å². The molecule has 4 nitrogen and oxygen atoms in total. The zero-order valence-electron chi connectivity index (χ0n) is 14.9. The minimum absolute atomic E-state index is 0.652. The highest BCUT2D eigenvalue weighted by Crippen LogP contribution is 2.51. The van der Waals surface area contributed by atoms with Gasteiger partial charge in [0.1, 0.15) is 5.75 Å². The molecule has 0 bridgehead atoms. The third-order valence-electron chi connectivity index (χ3n) is 6.38. The molecule has 0 radical (unpaired) electrons. The third kappa shape index (κ3) is 3.46. The molecule has 1 spiro atoms. The first-order valence-electron chi connectivity index (χ1n) is 9.43. The topological polar surface area (TPSA) is 24.9 Å². The first kappa shape index (κ1) is 16.4. The van der Waals surface area contributed by atoms with Gasteiger partial charge in [-0.15, -0.1) is 0 Å². The summed E-state index contributed by atoms with van der Waals surface area (Å²) in [5.41, 5.74) is 2.05. The van der Waals surface area contributed by atoms with Crippen LogP contribution in [0.5, 0.6) is 5.75 Å². The van der Waals surface area contributed by atoms with Crippen LogP contribution in [0.25, 0.3) is 0 Å². The lowest BCUT2D eigenvalue weighted by atomic mass is 9.60. The summed E-state index contributed by atoms with van der Waals surface area (Å²) in [6.45, 7) is 7.73. The van der Waals surface area contributed by atoms with Crippen molar-refractivity contribution >= 4 is 0 Å². The Morgan fingerprint density at radius 1 is 1.04 bits per heavy atom. The van der Waals surface area contributed by atoms with Crippen LogP contribution in [0.1, 0.15) is 31.2 Å². The molecule has 24 heavy (non-hydrogen) atoms. The number of methoxy groups -OCH3 is 1. The monoisotopic (exact) mass is 330 g/mol. The summed E-state index contributed by atoms with van der Waals surface area (Å²) in [7, 11) is 1.72. The molecule has 1 aromatic rings. The summed E-state index contributed by atoms with van der Waals surface area (Å²) in [5, 5.41) is 0. The van der Waals surface area contributed by atoms with Crippen molar-refractivity contribution in [3.63, 3.8) is 0 Å². The Morgan fingerprint density at radius 3 is 2.33 bits per heavy atom. The van der Waals surface area contributed by atoms with Crippen LogP contribution in [-0.2, 0) is 11.3 Å². The molecule has 0 amide bonds. The molecule has 2 saturated heterocycles. The molecule has 3 aliphatic rings. The van der Waals surface area contributed by atoms with Crippen molar-refractivity contribution in [3.05, 3.63) is 29.8 Å². The van der Waals surface area contributed by atoms with Crippen LogP contribution in [0, 0.1) is 5.41 Å². The number of hydrogen-bond acceptors (Lipinski definition) is 4. The van der Waals surface area contributed by atoms with Gasteiger partial charge in [0.05, 0.1) is 20.3 Å². The van der Waals surface area contributed by atoms with Crippen molar-refractivity contribution in [1.82, 2.24) is 9.80 Å². The summed E-state index contributed by atoms with van der Waals surface area (Å²) in [5.74, 6) is 0.944. The largest absolute Gasteiger partial charge is 0.497 e. The number of hydrogen-bond donors (Lipinski definition) is 0. The zero-order valence-corrected chi connectivity index (χ0v) is 14.9. The van der Waals surface area contributed by atoms with E-state index in [9.17, 15) is 0 Å². The van der Waals surface area contributed by atoms with Crippen molar-refractivity contribution in [1.29, 1.82) is 0 Å². The maximum Gasteiger partial charge on any atom is 0.118 e. The lowest BCUT2D eigenvalue weighted by molar-refractivity contribution is -0.0740. The fraction of sp³-hybridized carbons (Fsp3) is 0.700. The van der Waals surface area contributed by atoms with E-state index < -0.39 is 0 Å². The summed E-state index contributed by atoms with van der Waals surface area (Å²) >= 11 is 0. The molecule has 0 N–H and O–H groups in total. The second-order valence-electron chi connectivity index (χ2n) is 7.83. The van der Waals surface area contributed by atoms with Crippen LogP contribution in [0.3, 0.4) is 0 Å². The van der Waals surface area contributed by atoms with E-state index in [1.54, 1.807) is 7.11 Å². The van der Waals surface area contributed by atoms with E-state index in [2.05, 4.69) is 34.1 Å². The molecule has 1 aromatic carbocycles. The molecule has 3 fully saturated rings. The van der Waals surface area contributed by atoms with Crippen LogP contribution in [0.2, 0.25) is 0 Å². The van der Waals surface area contributed by atoms with Gasteiger partial charge in [0.15, 0.2) is 0 Å². The number of piperidine rings is 1. The molecular weight excluding hydrogens is 300 g/mol. The standard InChI is InChI=1S/C20H30N2O2/c1-23-19-4-2-17(3-5-19)16-21-8-6-20(7-9-21)14-18(15-20)22-10-12-24-13-11-22/h2-5,18H,6-16H2,1H3. The van der Waals surface area contributed by atoms with E-state index in [1.165, 1.54) is 44.3 Å². The molecule has 132 valence electrons.